The third-order valence-corrected chi connectivity index (χ3v) is 2.66. The fourth-order valence-corrected chi connectivity index (χ4v) is 1.86. The molecule has 4 heteroatoms. The van der Waals surface area contributed by atoms with Crippen LogP contribution in [-0.2, 0) is 19.1 Å². The Balaban J connectivity index is 4.98. The van der Waals surface area contributed by atoms with E-state index in [-0.39, 0.29) is 11.9 Å². The number of ether oxygens (including phenoxy) is 2. The average Bonchev–Trinajstić information content (AvgIpc) is 2.31. The second-order valence-electron chi connectivity index (χ2n) is 4.21. The van der Waals surface area contributed by atoms with E-state index in [0.29, 0.717) is 12.8 Å². The van der Waals surface area contributed by atoms with Crippen LogP contribution >= 0.6 is 0 Å². The van der Waals surface area contributed by atoms with Gasteiger partial charge in [-0.25, -0.2) is 0 Å². The molecule has 0 aromatic carbocycles. The second kappa shape index (κ2) is 7.87. The summed E-state index contributed by atoms with van der Waals surface area (Å²) < 4.78 is 9.49. The van der Waals surface area contributed by atoms with Gasteiger partial charge in [-0.3, -0.25) is 9.59 Å². The van der Waals surface area contributed by atoms with Gasteiger partial charge in [0.1, 0.15) is 0 Å². The summed E-state index contributed by atoms with van der Waals surface area (Å²) >= 11 is 0. The second-order valence-corrected chi connectivity index (χ2v) is 4.21. The van der Waals surface area contributed by atoms with E-state index in [9.17, 15) is 9.59 Å². The molecular formula is C13H22O4. The Labute approximate surface area is 103 Å². The summed E-state index contributed by atoms with van der Waals surface area (Å²) in [5, 5.41) is 0. The lowest BCUT2D eigenvalue weighted by molar-refractivity contribution is -0.157. The molecule has 2 atom stereocenters. The molecule has 0 aromatic rings. The molecule has 0 aliphatic carbocycles. The fourth-order valence-electron chi connectivity index (χ4n) is 1.86. The number of hydrogen-bond acceptors (Lipinski definition) is 4. The van der Waals surface area contributed by atoms with Crippen LogP contribution in [0.5, 0.6) is 0 Å². The van der Waals surface area contributed by atoms with Gasteiger partial charge in [-0.2, -0.15) is 0 Å². The molecule has 0 amide bonds. The molecular weight excluding hydrogens is 220 g/mol. The number of esters is 2. The van der Waals surface area contributed by atoms with Crippen LogP contribution in [0.2, 0.25) is 0 Å². The third kappa shape index (κ3) is 5.02. The molecule has 0 saturated carbocycles. The third-order valence-electron chi connectivity index (χ3n) is 2.66. The smallest absolute Gasteiger partial charge is 0.309 e. The van der Waals surface area contributed by atoms with E-state index in [4.69, 9.17) is 9.47 Å². The van der Waals surface area contributed by atoms with Crippen LogP contribution in [0.15, 0.2) is 12.2 Å². The number of allylic oxidation sites excluding steroid dienone is 1. The monoisotopic (exact) mass is 242 g/mol. The molecule has 17 heavy (non-hydrogen) atoms. The molecule has 98 valence electrons. The summed E-state index contributed by atoms with van der Waals surface area (Å²) in [6.07, 6.45) is 1.87. The van der Waals surface area contributed by atoms with Crippen LogP contribution in [0, 0.1) is 11.8 Å². The molecule has 0 bridgehead atoms. The molecule has 4 nitrogen and oxygen atoms in total. The van der Waals surface area contributed by atoms with E-state index >= 15 is 0 Å². The normalized spacial score (nSPS) is 13.6. The maximum atomic E-state index is 11.7. The standard InChI is InChI=1S/C13H22O4/c1-6-7-10(12(14)16-4)11(8-9(2)3)13(15)17-5/h10-11H,2,6-8H2,1,3-5H3/t10-,11+/m0/s1. The molecule has 0 radical (unpaired) electrons. The first-order chi connectivity index (χ1) is 7.97. The average molecular weight is 242 g/mol. The molecule has 0 saturated heterocycles. The van der Waals surface area contributed by atoms with Crippen molar-refractivity contribution in [2.75, 3.05) is 14.2 Å². The zero-order chi connectivity index (χ0) is 13.4. The SMILES string of the molecule is C=C(C)C[C@@H](C(=O)OC)[C@H](CCC)C(=O)OC. The van der Waals surface area contributed by atoms with E-state index < -0.39 is 11.8 Å². The maximum Gasteiger partial charge on any atom is 0.309 e. The highest BCUT2D eigenvalue weighted by Gasteiger charge is 2.34. The summed E-state index contributed by atoms with van der Waals surface area (Å²) in [7, 11) is 2.66. The van der Waals surface area contributed by atoms with Gasteiger partial charge in [-0.15, -0.1) is 6.58 Å². The molecule has 0 N–H and O–H groups in total. The molecule has 0 fully saturated rings. The zero-order valence-electron chi connectivity index (χ0n) is 11.1. The Morgan fingerprint density at radius 3 is 1.94 bits per heavy atom. The van der Waals surface area contributed by atoms with Crippen LogP contribution < -0.4 is 0 Å². The number of carbonyl (C=O) groups excluding carboxylic acids is 2. The fraction of sp³-hybridized carbons (Fsp3) is 0.692. The predicted octanol–water partition coefficient (Wildman–Crippen LogP) is 2.33. The van der Waals surface area contributed by atoms with Crippen LogP contribution in [0.25, 0.3) is 0 Å². The molecule has 0 heterocycles. The maximum absolute atomic E-state index is 11.7. The lowest BCUT2D eigenvalue weighted by Gasteiger charge is -2.22. The highest BCUT2D eigenvalue weighted by atomic mass is 16.5. The largest absolute Gasteiger partial charge is 0.469 e. The molecule has 0 spiro atoms. The van der Waals surface area contributed by atoms with E-state index in [2.05, 4.69) is 6.58 Å². The quantitative estimate of drug-likeness (QED) is 0.508. The van der Waals surface area contributed by atoms with Gasteiger partial charge in [0.05, 0.1) is 26.1 Å². The van der Waals surface area contributed by atoms with Crippen LogP contribution in [-0.4, -0.2) is 26.2 Å². The highest BCUT2D eigenvalue weighted by molar-refractivity contribution is 5.82. The van der Waals surface area contributed by atoms with Gasteiger partial charge in [0.25, 0.3) is 0 Å². The Hall–Kier alpha value is -1.32. The van der Waals surface area contributed by atoms with Gasteiger partial charge in [0.15, 0.2) is 0 Å². The number of hydrogen-bond donors (Lipinski definition) is 0. The van der Waals surface area contributed by atoms with E-state index in [1.807, 2.05) is 13.8 Å². The minimum absolute atomic E-state index is 0.358. The van der Waals surface area contributed by atoms with Crippen molar-refractivity contribution >= 4 is 11.9 Å². The van der Waals surface area contributed by atoms with Crippen molar-refractivity contribution < 1.29 is 19.1 Å². The molecule has 0 aromatic heterocycles. The summed E-state index contributed by atoms with van der Waals surface area (Å²) in [6.45, 7) is 7.57. The van der Waals surface area contributed by atoms with E-state index in [1.165, 1.54) is 14.2 Å². The van der Waals surface area contributed by atoms with Crippen molar-refractivity contribution in [2.24, 2.45) is 11.8 Å². The molecule has 0 rings (SSSR count). The molecule has 0 aliphatic heterocycles. The van der Waals surface area contributed by atoms with Crippen molar-refractivity contribution in [3.8, 4) is 0 Å². The van der Waals surface area contributed by atoms with Gasteiger partial charge >= 0.3 is 11.9 Å². The minimum atomic E-state index is -0.495. The lowest BCUT2D eigenvalue weighted by Crippen LogP contribution is -2.32. The summed E-state index contributed by atoms with van der Waals surface area (Å²) in [5.74, 6) is -1.68. The number of rotatable bonds is 7. The molecule has 0 unspecified atom stereocenters. The van der Waals surface area contributed by atoms with Gasteiger partial charge in [-0.05, 0) is 19.8 Å². The Morgan fingerprint density at radius 2 is 1.59 bits per heavy atom. The summed E-state index contributed by atoms with van der Waals surface area (Å²) in [4.78, 5) is 23.4. The van der Waals surface area contributed by atoms with Crippen molar-refractivity contribution in [3.05, 3.63) is 12.2 Å². The van der Waals surface area contributed by atoms with Gasteiger partial charge in [0.2, 0.25) is 0 Å². The van der Waals surface area contributed by atoms with Crippen molar-refractivity contribution in [1.29, 1.82) is 0 Å². The number of methoxy groups -OCH3 is 2. The van der Waals surface area contributed by atoms with Gasteiger partial charge < -0.3 is 9.47 Å². The van der Waals surface area contributed by atoms with Gasteiger partial charge in [0, 0.05) is 0 Å². The Morgan fingerprint density at radius 1 is 1.12 bits per heavy atom. The van der Waals surface area contributed by atoms with Crippen molar-refractivity contribution in [2.45, 2.75) is 33.1 Å². The van der Waals surface area contributed by atoms with Crippen LogP contribution in [0.4, 0.5) is 0 Å². The first-order valence-corrected chi connectivity index (χ1v) is 5.77. The summed E-state index contributed by atoms with van der Waals surface area (Å²) in [5.41, 5.74) is 0.852. The predicted molar refractivity (Wildman–Crippen MR) is 65.4 cm³/mol. The number of carbonyl (C=O) groups is 2. The summed E-state index contributed by atoms with van der Waals surface area (Å²) in [6, 6.07) is 0. The Bertz CT molecular complexity index is 283. The van der Waals surface area contributed by atoms with E-state index in [1.54, 1.807) is 0 Å². The van der Waals surface area contributed by atoms with Gasteiger partial charge in [-0.1, -0.05) is 18.9 Å². The Kier molecular flexibility index (Phi) is 7.26. The van der Waals surface area contributed by atoms with E-state index in [0.717, 1.165) is 12.0 Å². The lowest BCUT2D eigenvalue weighted by atomic mass is 9.84. The van der Waals surface area contributed by atoms with Crippen LogP contribution in [0.1, 0.15) is 33.1 Å². The first kappa shape index (κ1) is 15.7. The highest BCUT2D eigenvalue weighted by Crippen LogP contribution is 2.26. The minimum Gasteiger partial charge on any atom is -0.469 e. The molecule has 0 aliphatic rings. The topological polar surface area (TPSA) is 52.6 Å². The first-order valence-electron chi connectivity index (χ1n) is 5.77. The van der Waals surface area contributed by atoms with Crippen LogP contribution in [0.3, 0.4) is 0 Å². The zero-order valence-corrected chi connectivity index (χ0v) is 11.1. The van der Waals surface area contributed by atoms with Crippen molar-refractivity contribution in [3.63, 3.8) is 0 Å². The van der Waals surface area contributed by atoms with Crippen molar-refractivity contribution in [1.82, 2.24) is 0 Å².